The van der Waals surface area contributed by atoms with Crippen molar-refractivity contribution in [2.75, 3.05) is 19.8 Å². The van der Waals surface area contributed by atoms with Crippen LogP contribution in [-0.4, -0.2) is 52.9 Å². The molecule has 1 fully saturated rings. The Morgan fingerprint density at radius 1 is 1.31 bits per heavy atom. The maximum Gasteiger partial charge on any atom is 0.256 e. The fraction of sp³-hybridized carbons (Fsp3) is 0.478. The van der Waals surface area contributed by atoms with E-state index in [4.69, 9.17) is 32.7 Å². The Balaban J connectivity index is 1.62. The van der Waals surface area contributed by atoms with Crippen molar-refractivity contribution in [1.82, 2.24) is 9.88 Å². The number of carbonyl (C=O) groups excluding carboxylic acids is 1. The van der Waals surface area contributed by atoms with Crippen LogP contribution >= 0.6 is 23.2 Å². The van der Waals surface area contributed by atoms with Crippen LogP contribution in [0.1, 0.15) is 46.1 Å². The van der Waals surface area contributed by atoms with Crippen molar-refractivity contribution in [3.8, 4) is 5.75 Å². The second kappa shape index (κ2) is 9.43. The van der Waals surface area contributed by atoms with Crippen LogP contribution in [0.4, 0.5) is 0 Å². The lowest BCUT2D eigenvalue weighted by atomic mass is 9.97. The summed E-state index contributed by atoms with van der Waals surface area (Å²) >= 11 is 13.1. The van der Waals surface area contributed by atoms with Gasteiger partial charge in [-0.3, -0.25) is 9.59 Å². The molecule has 172 valence electrons. The van der Waals surface area contributed by atoms with Crippen LogP contribution in [0.15, 0.2) is 16.9 Å². The molecule has 2 N–H and O–H groups in total. The van der Waals surface area contributed by atoms with Crippen LogP contribution in [0.25, 0.3) is 0 Å². The first-order chi connectivity index (χ1) is 15.3. The largest absolute Gasteiger partial charge is 0.486 e. The number of nitrogens with zero attached hydrogens (tertiary/aromatic N) is 1. The normalized spacial score (nSPS) is 20.5. The molecule has 7 nitrogen and oxygen atoms in total. The van der Waals surface area contributed by atoms with E-state index in [0.29, 0.717) is 59.9 Å². The summed E-state index contributed by atoms with van der Waals surface area (Å²) in [5.74, 6) is 0.0433. The summed E-state index contributed by atoms with van der Waals surface area (Å²) in [5, 5.41) is 9.89. The highest BCUT2D eigenvalue weighted by atomic mass is 35.5. The van der Waals surface area contributed by atoms with E-state index in [9.17, 15) is 14.7 Å². The van der Waals surface area contributed by atoms with Crippen LogP contribution in [0, 0.1) is 6.92 Å². The summed E-state index contributed by atoms with van der Waals surface area (Å²) in [5.41, 5.74) is 3.13. The number of nitrogens with one attached hydrogen (secondary N) is 1. The predicted octanol–water partition coefficient (Wildman–Crippen LogP) is 3.28. The summed E-state index contributed by atoms with van der Waals surface area (Å²) in [6.45, 7) is 4.71. The van der Waals surface area contributed by atoms with E-state index in [1.165, 1.54) is 0 Å². The standard InChI is InChI=1S/C23H26Cl2N2O5/c1-3-13-6-12(2)26-22(29)17(13)9-27-5-4-16-18(24)8-19(21(25)20(16)23(27)30)32-15-7-14(10-28)31-11-15/h6,8,14-15,28H,3-5,7,9-11H2,1-2H3,(H,26,29)/t14-,15-/m1/s1. The first kappa shape index (κ1) is 23.1. The number of fused-ring (bicyclic) bond motifs is 1. The van der Waals surface area contributed by atoms with Gasteiger partial charge in [-0.2, -0.15) is 0 Å². The summed E-state index contributed by atoms with van der Waals surface area (Å²) < 4.78 is 11.4. The molecule has 0 spiro atoms. The first-order valence-electron chi connectivity index (χ1n) is 10.7. The fourth-order valence-electron chi connectivity index (χ4n) is 4.38. The third-order valence-corrected chi connectivity index (χ3v) is 6.76. The maximum absolute atomic E-state index is 13.4. The number of carbonyl (C=O) groups is 1. The number of aliphatic hydroxyl groups is 1. The van der Waals surface area contributed by atoms with Gasteiger partial charge in [0.1, 0.15) is 11.9 Å². The number of hydrogen-bond donors (Lipinski definition) is 2. The highest BCUT2D eigenvalue weighted by molar-refractivity contribution is 6.38. The molecule has 1 saturated heterocycles. The molecular weight excluding hydrogens is 455 g/mol. The van der Waals surface area contributed by atoms with E-state index < -0.39 is 0 Å². The summed E-state index contributed by atoms with van der Waals surface area (Å²) in [4.78, 5) is 30.5. The Hall–Kier alpha value is -2.06. The lowest BCUT2D eigenvalue weighted by molar-refractivity contribution is 0.0534. The van der Waals surface area contributed by atoms with Gasteiger partial charge in [0.05, 0.1) is 36.4 Å². The van der Waals surface area contributed by atoms with Gasteiger partial charge in [-0.25, -0.2) is 0 Å². The monoisotopic (exact) mass is 480 g/mol. The molecule has 9 heteroatoms. The average molecular weight is 481 g/mol. The van der Waals surface area contributed by atoms with Gasteiger partial charge >= 0.3 is 0 Å². The van der Waals surface area contributed by atoms with E-state index in [1.807, 2.05) is 19.9 Å². The van der Waals surface area contributed by atoms with Gasteiger partial charge in [0.25, 0.3) is 11.5 Å². The number of benzene rings is 1. The number of amides is 1. The number of H-pyrrole nitrogens is 1. The Morgan fingerprint density at radius 2 is 2.09 bits per heavy atom. The van der Waals surface area contributed by atoms with E-state index in [2.05, 4.69) is 4.98 Å². The lowest BCUT2D eigenvalue weighted by Gasteiger charge is -2.31. The van der Waals surface area contributed by atoms with Gasteiger partial charge < -0.3 is 24.5 Å². The zero-order valence-electron chi connectivity index (χ0n) is 18.0. The number of aryl methyl sites for hydroxylation is 2. The molecule has 1 aromatic heterocycles. The van der Waals surface area contributed by atoms with Gasteiger partial charge in [-0.05, 0) is 37.0 Å². The van der Waals surface area contributed by atoms with Crippen LogP contribution < -0.4 is 10.3 Å². The van der Waals surface area contributed by atoms with Gasteiger partial charge in [-0.15, -0.1) is 0 Å². The van der Waals surface area contributed by atoms with Crippen molar-refractivity contribution in [2.45, 2.75) is 51.9 Å². The molecule has 2 atom stereocenters. The van der Waals surface area contributed by atoms with Crippen LogP contribution in [-0.2, 0) is 24.1 Å². The number of aromatic nitrogens is 1. The Morgan fingerprint density at radius 3 is 2.78 bits per heavy atom. The van der Waals surface area contributed by atoms with Crippen molar-refractivity contribution in [3.63, 3.8) is 0 Å². The summed E-state index contributed by atoms with van der Waals surface area (Å²) in [7, 11) is 0. The van der Waals surface area contributed by atoms with Crippen molar-refractivity contribution in [1.29, 1.82) is 0 Å². The molecule has 32 heavy (non-hydrogen) atoms. The fourth-order valence-corrected chi connectivity index (χ4v) is 4.96. The molecule has 3 heterocycles. The quantitative estimate of drug-likeness (QED) is 0.661. The number of ether oxygens (including phenoxy) is 2. The van der Waals surface area contributed by atoms with Crippen LogP contribution in [0.5, 0.6) is 5.75 Å². The zero-order chi connectivity index (χ0) is 23.0. The van der Waals surface area contributed by atoms with Crippen molar-refractivity contribution in [2.24, 2.45) is 0 Å². The van der Waals surface area contributed by atoms with Gasteiger partial charge in [0.2, 0.25) is 0 Å². The second-order valence-electron chi connectivity index (χ2n) is 8.25. The van der Waals surface area contributed by atoms with Gasteiger partial charge in [0.15, 0.2) is 0 Å². The molecule has 0 radical (unpaired) electrons. The second-order valence-corrected chi connectivity index (χ2v) is 9.04. The van der Waals surface area contributed by atoms with Gasteiger partial charge in [-0.1, -0.05) is 30.1 Å². The molecule has 0 saturated carbocycles. The smallest absolute Gasteiger partial charge is 0.256 e. The molecule has 2 aliphatic rings. The highest BCUT2D eigenvalue weighted by Gasteiger charge is 2.33. The van der Waals surface area contributed by atoms with Gasteiger partial charge in [0, 0.05) is 35.3 Å². The summed E-state index contributed by atoms with van der Waals surface area (Å²) in [6.07, 6.45) is 1.19. The molecule has 0 unspecified atom stereocenters. The molecule has 0 aliphatic carbocycles. The summed E-state index contributed by atoms with van der Waals surface area (Å²) in [6, 6.07) is 3.58. The van der Waals surface area contributed by atoms with E-state index >= 15 is 0 Å². The molecule has 1 aromatic carbocycles. The lowest BCUT2D eigenvalue weighted by Crippen LogP contribution is -2.39. The molecule has 4 rings (SSSR count). The minimum Gasteiger partial charge on any atom is -0.486 e. The van der Waals surface area contributed by atoms with E-state index in [0.717, 1.165) is 11.3 Å². The van der Waals surface area contributed by atoms with Crippen LogP contribution in [0.3, 0.4) is 0 Å². The molecule has 2 aliphatic heterocycles. The van der Waals surface area contributed by atoms with Crippen molar-refractivity contribution in [3.05, 3.63) is 60.5 Å². The minimum absolute atomic E-state index is 0.0795. The molecule has 0 bridgehead atoms. The average Bonchev–Trinajstić information content (AvgIpc) is 3.22. The van der Waals surface area contributed by atoms with Crippen molar-refractivity contribution < 1.29 is 19.4 Å². The van der Waals surface area contributed by atoms with E-state index in [1.54, 1.807) is 11.0 Å². The Labute approximate surface area is 196 Å². The SMILES string of the molecule is CCc1cc(C)[nH]c(=O)c1CN1CCc2c(Cl)cc(O[C@H]3CO[C@@H](CO)C3)c(Cl)c2C1=O. The number of aromatic amines is 1. The molecule has 2 aromatic rings. The highest BCUT2D eigenvalue weighted by Crippen LogP contribution is 2.40. The van der Waals surface area contributed by atoms with E-state index in [-0.39, 0.29) is 41.8 Å². The first-order valence-corrected chi connectivity index (χ1v) is 11.5. The minimum atomic E-state index is -0.285. The number of hydrogen-bond acceptors (Lipinski definition) is 5. The Kier molecular flexibility index (Phi) is 6.81. The topological polar surface area (TPSA) is 91.9 Å². The predicted molar refractivity (Wildman–Crippen MR) is 122 cm³/mol. The molecule has 1 amide bonds. The number of halogens is 2. The van der Waals surface area contributed by atoms with Crippen LogP contribution in [0.2, 0.25) is 10.0 Å². The maximum atomic E-state index is 13.4. The third-order valence-electron chi connectivity index (χ3n) is 6.05. The number of aliphatic hydroxyl groups excluding tert-OH is 1. The number of rotatable bonds is 6. The third kappa shape index (κ3) is 4.39. The zero-order valence-corrected chi connectivity index (χ0v) is 19.6. The number of pyridine rings is 1. The van der Waals surface area contributed by atoms with Crippen molar-refractivity contribution >= 4 is 29.1 Å². The Bertz CT molecular complexity index is 1100. The molecular formula is C23H26Cl2N2O5.